The number of nitrogens with one attached hydrogen (secondary N) is 1. The van der Waals surface area contributed by atoms with Crippen LogP contribution in [0.25, 0.3) is 16.7 Å². The van der Waals surface area contributed by atoms with Crippen molar-refractivity contribution in [2.45, 2.75) is 13.3 Å². The first-order valence-corrected chi connectivity index (χ1v) is 9.54. The Kier molecular flexibility index (Phi) is 6.56. The van der Waals surface area contributed by atoms with Crippen molar-refractivity contribution in [1.82, 2.24) is 19.4 Å². The molecule has 0 saturated carbocycles. The van der Waals surface area contributed by atoms with Gasteiger partial charge in [0.1, 0.15) is 5.56 Å². The lowest BCUT2D eigenvalue weighted by atomic mass is 10.2. The maximum absolute atomic E-state index is 12.9. The van der Waals surface area contributed by atoms with Crippen LogP contribution in [0.1, 0.15) is 23.7 Å². The third-order valence-corrected chi connectivity index (χ3v) is 4.34. The molecular formula is C21H25N5O3. The van der Waals surface area contributed by atoms with E-state index in [9.17, 15) is 9.59 Å². The van der Waals surface area contributed by atoms with Gasteiger partial charge in [-0.05, 0) is 46.1 Å². The summed E-state index contributed by atoms with van der Waals surface area (Å²) in [6.07, 6.45) is 3.88. The molecule has 0 aliphatic carbocycles. The van der Waals surface area contributed by atoms with Crippen LogP contribution in [0.3, 0.4) is 0 Å². The Balaban J connectivity index is 2.07. The molecule has 0 aliphatic rings. The number of ether oxygens (including phenoxy) is 1. The number of nitrogens with zero attached hydrogens (tertiary/aromatic N) is 4. The van der Waals surface area contributed by atoms with Crippen molar-refractivity contribution in [1.29, 1.82) is 0 Å². The summed E-state index contributed by atoms with van der Waals surface area (Å²) in [5, 5.41) is 3.45. The largest absolute Gasteiger partial charge is 0.462 e. The lowest BCUT2D eigenvalue weighted by Crippen LogP contribution is -2.22. The second-order valence-corrected chi connectivity index (χ2v) is 6.81. The molecule has 3 rings (SSSR count). The van der Waals surface area contributed by atoms with Gasteiger partial charge in [-0.1, -0.05) is 18.2 Å². The molecule has 0 radical (unpaired) electrons. The zero-order valence-electron chi connectivity index (χ0n) is 16.9. The van der Waals surface area contributed by atoms with Gasteiger partial charge in [0.15, 0.2) is 5.65 Å². The van der Waals surface area contributed by atoms with Gasteiger partial charge in [-0.2, -0.15) is 4.98 Å². The van der Waals surface area contributed by atoms with E-state index in [-0.39, 0.29) is 17.6 Å². The first kappa shape index (κ1) is 20.5. The monoisotopic (exact) mass is 395 g/mol. The summed E-state index contributed by atoms with van der Waals surface area (Å²) in [5.41, 5.74) is 0.725. The zero-order chi connectivity index (χ0) is 20.8. The number of esters is 1. The van der Waals surface area contributed by atoms with Crippen molar-refractivity contribution in [3.8, 4) is 5.69 Å². The van der Waals surface area contributed by atoms with Crippen LogP contribution >= 0.6 is 0 Å². The smallest absolute Gasteiger partial charge is 0.343 e. The van der Waals surface area contributed by atoms with E-state index in [0.717, 1.165) is 18.7 Å². The third-order valence-electron chi connectivity index (χ3n) is 4.34. The van der Waals surface area contributed by atoms with Crippen molar-refractivity contribution in [3.05, 3.63) is 58.5 Å². The highest BCUT2D eigenvalue weighted by atomic mass is 16.5. The minimum absolute atomic E-state index is 0.0431. The number of anilines is 1. The fourth-order valence-electron chi connectivity index (χ4n) is 2.93. The van der Waals surface area contributed by atoms with Crippen LogP contribution in [0.2, 0.25) is 0 Å². The quantitative estimate of drug-likeness (QED) is 0.462. The van der Waals surface area contributed by atoms with Crippen LogP contribution in [0.4, 0.5) is 5.95 Å². The first-order valence-electron chi connectivity index (χ1n) is 9.54. The molecule has 3 aromatic rings. The van der Waals surface area contributed by atoms with Crippen molar-refractivity contribution >= 4 is 23.0 Å². The van der Waals surface area contributed by atoms with Gasteiger partial charge in [0, 0.05) is 24.6 Å². The minimum atomic E-state index is -0.657. The molecular weight excluding hydrogens is 370 g/mol. The summed E-state index contributed by atoms with van der Waals surface area (Å²) >= 11 is 0. The van der Waals surface area contributed by atoms with E-state index in [0.29, 0.717) is 18.1 Å². The number of para-hydroxylation sites is 1. The highest BCUT2D eigenvalue weighted by molar-refractivity contribution is 5.93. The predicted octanol–water partition coefficient (Wildman–Crippen LogP) is 2.32. The number of pyridine rings is 1. The molecule has 0 atom stereocenters. The van der Waals surface area contributed by atoms with E-state index >= 15 is 0 Å². The Bertz CT molecular complexity index is 1050. The van der Waals surface area contributed by atoms with E-state index < -0.39 is 11.4 Å². The van der Waals surface area contributed by atoms with E-state index in [1.54, 1.807) is 11.5 Å². The summed E-state index contributed by atoms with van der Waals surface area (Å²) < 4.78 is 6.77. The summed E-state index contributed by atoms with van der Waals surface area (Å²) in [6, 6.07) is 9.42. The van der Waals surface area contributed by atoms with Crippen LogP contribution < -0.4 is 10.7 Å². The third kappa shape index (κ3) is 4.78. The van der Waals surface area contributed by atoms with E-state index in [1.165, 1.54) is 12.4 Å². The molecule has 152 valence electrons. The van der Waals surface area contributed by atoms with Crippen molar-refractivity contribution in [3.63, 3.8) is 0 Å². The summed E-state index contributed by atoms with van der Waals surface area (Å²) in [4.78, 5) is 36.1. The topological polar surface area (TPSA) is 89.3 Å². The molecule has 0 fully saturated rings. The maximum atomic E-state index is 12.9. The first-order chi connectivity index (χ1) is 14.0. The predicted molar refractivity (Wildman–Crippen MR) is 113 cm³/mol. The molecule has 1 N–H and O–H groups in total. The van der Waals surface area contributed by atoms with Gasteiger partial charge in [0.2, 0.25) is 11.4 Å². The van der Waals surface area contributed by atoms with E-state index in [4.69, 9.17) is 4.74 Å². The van der Waals surface area contributed by atoms with Crippen molar-refractivity contribution < 1.29 is 9.53 Å². The number of carbonyl (C=O) groups excluding carboxylic acids is 1. The Morgan fingerprint density at radius 2 is 2.00 bits per heavy atom. The second kappa shape index (κ2) is 9.29. The summed E-state index contributed by atoms with van der Waals surface area (Å²) in [6.45, 7) is 3.54. The number of benzene rings is 1. The number of hydrogen-bond donors (Lipinski definition) is 1. The van der Waals surface area contributed by atoms with Gasteiger partial charge < -0.3 is 19.5 Å². The van der Waals surface area contributed by atoms with Gasteiger partial charge >= 0.3 is 5.97 Å². The van der Waals surface area contributed by atoms with Crippen LogP contribution in [-0.2, 0) is 4.74 Å². The fraction of sp³-hybridized carbons (Fsp3) is 0.333. The standard InChI is InChI=1S/C21H25N5O3/c1-4-29-20(28)17-14-26(15-9-6-5-7-10-15)19-16(18(17)27)13-23-21(24-19)22-11-8-12-25(2)3/h5-7,9-10,13-14H,4,8,11-12H2,1-3H3,(H,22,23,24). The van der Waals surface area contributed by atoms with E-state index in [1.807, 2.05) is 44.4 Å². The molecule has 0 spiro atoms. The molecule has 0 unspecified atom stereocenters. The molecule has 0 bridgehead atoms. The Morgan fingerprint density at radius 1 is 1.24 bits per heavy atom. The average Bonchev–Trinajstić information content (AvgIpc) is 2.72. The number of rotatable bonds is 8. The molecule has 0 amide bonds. The van der Waals surface area contributed by atoms with Crippen LogP contribution in [-0.4, -0.2) is 59.2 Å². The highest BCUT2D eigenvalue weighted by Crippen LogP contribution is 2.17. The zero-order valence-corrected chi connectivity index (χ0v) is 16.9. The molecule has 29 heavy (non-hydrogen) atoms. The average molecular weight is 395 g/mol. The van der Waals surface area contributed by atoms with Crippen molar-refractivity contribution in [2.24, 2.45) is 0 Å². The molecule has 2 aromatic heterocycles. The van der Waals surface area contributed by atoms with Gasteiger partial charge in [0.05, 0.1) is 12.0 Å². The molecule has 1 aromatic carbocycles. The van der Waals surface area contributed by atoms with Crippen LogP contribution in [0.15, 0.2) is 47.5 Å². The van der Waals surface area contributed by atoms with Gasteiger partial charge in [-0.15, -0.1) is 0 Å². The van der Waals surface area contributed by atoms with E-state index in [2.05, 4.69) is 20.2 Å². The van der Waals surface area contributed by atoms with Gasteiger partial charge in [0.25, 0.3) is 0 Å². The summed E-state index contributed by atoms with van der Waals surface area (Å²) in [7, 11) is 4.04. The summed E-state index contributed by atoms with van der Waals surface area (Å²) in [5.74, 6) is -0.223. The lowest BCUT2D eigenvalue weighted by molar-refractivity contribution is 0.0524. The molecule has 8 nitrogen and oxygen atoms in total. The Labute approximate surface area is 169 Å². The Hall–Kier alpha value is -3.26. The Morgan fingerprint density at radius 3 is 2.69 bits per heavy atom. The minimum Gasteiger partial charge on any atom is -0.462 e. The number of carbonyl (C=O) groups is 1. The molecule has 0 saturated heterocycles. The van der Waals surface area contributed by atoms with Crippen molar-refractivity contribution in [2.75, 3.05) is 39.1 Å². The highest BCUT2D eigenvalue weighted by Gasteiger charge is 2.18. The normalized spacial score (nSPS) is 11.0. The molecule has 8 heteroatoms. The SMILES string of the molecule is CCOC(=O)c1cn(-c2ccccc2)c2nc(NCCCN(C)C)ncc2c1=O. The second-order valence-electron chi connectivity index (χ2n) is 6.81. The maximum Gasteiger partial charge on any atom is 0.343 e. The van der Waals surface area contributed by atoms with Crippen LogP contribution in [0.5, 0.6) is 0 Å². The van der Waals surface area contributed by atoms with Gasteiger partial charge in [-0.25, -0.2) is 9.78 Å². The fourth-order valence-corrected chi connectivity index (χ4v) is 2.93. The lowest BCUT2D eigenvalue weighted by Gasteiger charge is -2.14. The number of hydrogen-bond acceptors (Lipinski definition) is 7. The van der Waals surface area contributed by atoms with Gasteiger partial charge in [-0.3, -0.25) is 4.79 Å². The van der Waals surface area contributed by atoms with Crippen LogP contribution in [0, 0.1) is 0 Å². The number of fused-ring (bicyclic) bond motifs is 1. The molecule has 0 aliphatic heterocycles. The number of aromatic nitrogens is 3. The molecule has 2 heterocycles.